The van der Waals surface area contributed by atoms with Crippen molar-refractivity contribution in [2.45, 2.75) is 25.4 Å². The second-order valence-electron chi connectivity index (χ2n) is 5.27. The number of methoxy groups -OCH3 is 1. The second kappa shape index (κ2) is 7.08. The third-order valence-corrected chi connectivity index (χ3v) is 3.57. The first-order chi connectivity index (χ1) is 10.9. The molecule has 1 unspecified atom stereocenters. The summed E-state index contributed by atoms with van der Waals surface area (Å²) in [4.78, 5) is 35.9. The minimum atomic E-state index is -0.682. The normalized spacial score (nSPS) is 16.7. The van der Waals surface area contributed by atoms with E-state index < -0.39 is 23.8 Å². The van der Waals surface area contributed by atoms with Gasteiger partial charge < -0.3 is 15.0 Å². The molecule has 8 heteroatoms. The van der Waals surface area contributed by atoms with Crippen molar-refractivity contribution in [3.63, 3.8) is 0 Å². The molecule has 0 aliphatic carbocycles. The van der Waals surface area contributed by atoms with Gasteiger partial charge in [-0.05, 0) is 24.1 Å². The molecule has 23 heavy (non-hydrogen) atoms. The fraction of sp³-hybridized carbons (Fsp3) is 0.400. The van der Waals surface area contributed by atoms with Crippen molar-refractivity contribution in [1.82, 2.24) is 15.5 Å². The highest BCUT2D eigenvalue weighted by Gasteiger charge is 2.29. The molecule has 1 atom stereocenters. The van der Waals surface area contributed by atoms with Crippen LogP contribution in [0.25, 0.3) is 0 Å². The van der Waals surface area contributed by atoms with E-state index in [2.05, 4.69) is 10.6 Å². The molecule has 4 amide bonds. The first-order valence-electron chi connectivity index (χ1n) is 7.08. The molecule has 2 N–H and O–H groups in total. The highest BCUT2D eigenvalue weighted by molar-refractivity contribution is 6.04. The van der Waals surface area contributed by atoms with Crippen LogP contribution in [0.3, 0.4) is 0 Å². The zero-order valence-corrected chi connectivity index (χ0v) is 12.9. The monoisotopic (exact) mass is 323 g/mol. The maximum absolute atomic E-state index is 13.6. The van der Waals surface area contributed by atoms with Gasteiger partial charge >= 0.3 is 6.03 Å². The Kier molecular flexibility index (Phi) is 5.15. The van der Waals surface area contributed by atoms with Crippen LogP contribution >= 0.6 is 0 Å². The quantitative estimate of drug-likeness (QED) is 0.757. The van der Waals surface area contributed by atoms with Gasteiger partial charge in [0.1, 0.15) is 6.04 Å². The van der Waals surface area contributed by atoms with E-state index in [1.165, 1.54) is 24.1 Å². The summed E-state index contributed by atoms with van der Waals surface area (Å²) in [5.41, 5.74) is 0.631. The van der Waals surface area contributed by atoms with Crippen LogP contribution in [0.1, 0.15) is 18.4 Å². The molecule has 124 valence electrons. The zero-order valence-electron chi connectivity index (χ0n) is 12.9. The Morgan fingerprint density at radius 1 is 1.39 bits per heavy atom. The van der Waals surface area contributed by atoms with Crippen molar-refractivity contribution in [3.8, 4) is 5.75 Å². The molecule has 1 heterocycles. The van der Waals surface area contributed by atoms with Crippen molar-refractivity contribution in [1.29, 1.82) is 0 Å². The fourth-order valence-corrected chi connectivity index (χ4v) is 2.29. The van der Waals surface area contributed by atoms with E-state index in [-0.39, 0.29) is 31.0 Å². The number of nitrogens with one attached hydrogen (secondary N) is 2. The third-order valence-electron chi connectivity index (χ3n) is 3.57. The Morgan fingerprint density at radius 3 is 2.70 bits per heavy atom. The summed E-state index contributed by atoms with van der Waals surface area (Å²) in [6, 6.07) is 3.26. The van der Waals surface area contributed by atoms with Crippen LogP contribution in [0.15, 0.2) is 18.2 Å². The number of rotatable bonds is 6. The number of benzene rings is 1. The molecule has 0 bridgehead atoms. The van der Waals surface area contributed by atoms with Crippen LogP contribution in [0.5, 0.6) is 5.75 Å². The molecule has 1 aromatic carbocycles. The number of nitrogens with zero attached hydrogens (tertiary/aromatic N) is 1. The highest BCUT2D eigenvalue weighted by atomic mass is 19.1. The first kappa shape index (κ1) is 16.7. The molecule has 1 aromatic rings. The average molecular weight is 323 g/mol. The number of ether oxygens (including phenoxy) is 1. The standard InChI is InChI=1S/C15H18FN3O4/c1-19(8-9-3-5-12(23-2)10(16)7-9)13(20)6-4-11-14(21)18-15(22)17-11/h3,5,7,11H,4,6,8H2,1-2H3,(H2,17,18,21,22). The van der Waals surface area contributed by atoms with E-state index in [1.54, 1.807) is 13.1 Å². The second-order valence-corrected chi connectivity index (χ2v) is 5.27. The van der Waals surface area contributed by atoms with Crippen molar-refractivity contribution in [3.05, 3.63) is 29.6 Å². The Bertz CT molecular complexity index is 635. The van der Waals surface area contributed by atoms with Gasteiger partial charge in [-0.25, -0.2) is 9.18 Å². The van der Waals surface area contributed by atoms with Crippen LogP contribution < -0.4 is 15.4 Å². The number of hydrogen-bond donors (Lipinski definition) is 2. The lowest BCUT2D eigenvalue weighted by molar-refractivity contribution is -0.130. The van der Waals surface area contributed by atoms with Crippen LogP contribution in [0.4, 0.5) is 9.18 Å². The lowest BCUT2D eigenvalue weighted by Gasteiger charge is -2.18. The maximum atomic E-state index is 13.6. The van der Waals surface area contributed by atoms with E-state index in [9.17, 15) is 18.8 Å². The van der Waals surface area contributed by atoms with E-state index in [0.29, 0.717) is 5.56 Å². The smallest absolute Gasteiger partial charge is 0.322 e. The topological polar surface area (TPSA) is 87.7 Å². The summed E-state index contributed by atoms with van der Waals surface area (Å²) in [5.74, 6) is -0.972. The van der Waals surface area contributed by atoms with Gasteiger partial charge in [0.15, 0.2) is 11.6 Å². The molecule has 1 saturated heterocycles. The molecule has 2 rings (SSSR count). The molecular weight excluding hydrogens is 305 g/mol. The minimum Gasteiger partial charge on any atom is -0.494 e. The van der Waals surface area contributed by atoms with Crippen LogP contribution in [0.2, 0.25) is 0 Å². The van der Waals surface area contributed by atoms with E-state index >= 15 is 0 Å². The summed E-state index contributed by atoms with van der Waals surface area (Å²) in [6.45, 7) is 0.239. The van der Waals surface area contributed by atoms with Gasteiger partial charge in [-0.1, -0.05) is 6.07 Å². The lowest BCUT2D eigenvalue weighted by atomic mass is 10.1. The molecule has 0 saturated carbocycles. The highest BCUT2D eigenvalue weighted by Crippen LogP contribution is 2.18. The van der Waals surface area contributed by atoms with Gasteiger partial charge in [0.05, 0.1) is 7.11 Å². The molecular formula is C15H18FN3O4. The predicted molar refractivity (Wildman–Crippen MR) is 79.1 cm³/mol. The predicted octanol–water partition coefficient (Wildman–Crippen LogP) is 0.781. The van der Waals surface area contributed by atoms with Crippen molar-refractivity contribution in [2.24, 2.45) is 0 Å². The number of halogens is 1. The third kappa shape index (κ3) is 4.18. The first-order valence-corrected chi connectivity index (χ1v) is 7.08. The Morgan fingerprint density at radius 2 is 2.13 bits per heavy atom. The van der Waals surface area contributed by atoms with Crippen LogP contribution in [0, 0.1) is 5.82 Å². The van der Waals surface area contributed by atoms with Crippen LogP contribution in [-0.2, 0) is 16.1 Å². The molecule has 1 aliphatic heterocycles. The molecule has 7 nitrogen and oxygen atoms in total. The van der Waals surface area contributed by atoms with E-state index in [4.69, 9.17) is 4.74 Å². The number of imide groups is 1. The largest absolute Gasteiger partial charge is 0.494 e. The van der Waals surface area contributed by atoms with E-state index in [0.717, 1.165) is 0 Å². The van der Waals surface area contributed by atoms with Crippen LogP contribution in [-0.4, -0.2) is 42.9 Å². The van der Waals surface area contributed by atoms with Gasteiger partial charge in [-0.15, -0.1) is 0 Å². The summed E-state index contributed by atoms with van der Waals surface area (Å²) in [6.07, 6.45) is 0.325. The summed E-state index contributed by atoms with van der Waals surface area (Å²) in [7, 11) is 2.98. The van der Waals surface area contributed by atoms with E-state index in [1.807, 2.05) is 0 Å². The molecule has 1 aliphatic rings. The number of carbonyl (C=O) groups is 3. The Hall–Kier alpha value is -2.64. The average Bonchev–Trinajstić information content (AvgIpc) is 2.82. The molecule has 1 fully saturated rings. The number of amides is 4. The SMILES string of the molecule is COc1ccc(CN(C)C(=O)CCC2NC(=O)NC2=O)cc1F. The van der Waals surface area contributed by atoms with Gasteiger partial charge in [-0.3, -0.25) is 14.9 Å². The van der Waals surface area contributed by atoms with Crippen molar-refractivity contribution < 1.29 is 23.5 Å². The Balaban J connectivity index is 1.86. The molecule has 0 aromatic heterocycles. The molecule has 0 radical (unpaired) electrons. The van der Waals surface area contributed by atoms with Gasteiger partial charge in [-0.2, -0.15) is 0 Å². The Labute approximate surface area is 132 Å². The lowest BCUT2D eigenvalue weighted by Crippen LogP contribution is -2.32. The van der Waals surface area contributed by atoms with Crippen molar-refractivity contribution in [2.75, 3.05) is 14.2 Å². The zero-order chi connectivity index (χ0) is 17.0. The summed E-state index contributed by atoms with van der Waals surface area (Å²) < 4.78 is 18.5. The minimum absolute atomic E-state index is 0.105. The van der Waals surface area contributed by atoms with Gasteiger partial charge in [0.2, 0.25) is 5.91 Å². The summed E-state index contributed by atoms with van der Waals surface area (Å²) in [5, 5.41) is 4.54. The maximum Gasteiger partial charge on any atom is 0.322 e. The number of urea groups is 1. The van der Waals surface area contributed by atoms with Crippen molar-refractivity contribution >= 4 is 17.8 Å². The number of hydrogen-bond acceptors (Lipinski definition) is 4. The van der Waals surface area contributed by atoms with Gasteiger partial charge in [0.25, 0.3) is 5.91 Å². The van der Waals surface area contributed by atoms with Gasteiger partial charge in [0, 0.05) is 20.0 Å². The number of carbonyl (C=O) groups excluding carboxylic acids is 3. The summed E-state index contributed by atoms with van der Waals surface area (Å²) >= 11 is 0. The fourth-order valence-electron chi connectivity index (χ4n) is 2.29. The molecule has 0 spiro atoms.